The zero-order valence-electron chi connectivity index (χ0n) is 13.2. The lowest BCUT2D eigenvalue weighted by atomic mass is 10.1. The van der Waals surface area contributed by atoms with Crippen LogP contribution in [0.25, 0.3) is 0 Å². The number of hydrogen-bond donors (Lipinski definition) is 0. The van der Waals surface area contributed by atoms with Crippen LogP contribution >= 0.6 is 0 Å². The van der Waals surface area contributed by atoms with Crippen LogP contribution in [0.4, 0.5) is 0 Å². The monoisotopic (exact) mass is 308 g/mol. The normalized spacial score (nSPS) is 17.4. The summed E-state index contributed by atoms with van der Waals surface area (Å²) in [4.78, 5) is 0.676. The van der Waals surface area contributed by atoms with E-state index in [1.807, 2.05) is 20.8 Å². The molecule has 116 valence electrons. The van der Waals surface area contributed by atoms with Gasteiger partial charge in [-0.1, -0.05) is 18.7 Å². The summed E-state index contributed by atoms with van der Waals surface area (Å²) in [6.45, 7) is 11.3. The zero-order valence-corrected chi connectivity index (χ0v) is 14.0. The Labute approximate surface area is 128 Å². The average Bonchev–Trinajstić information content (AvgIpc) is 2.37. The van der Waals surface area contributed by atoms with E-state index in [0.717, 1.165) is 5.76 Å². The third-order valence-electron chi connectivity index (χ3n) is 2.78. The topological polar surface area (TPSA) is 43.4 Å². The molecule has 0 unspecified atom stereocenters. The summed E-state index contributed by atoms with van der Waals surface area (Å²) in [5.41, 5.74) is -0.269. The van der Waals surface area contributed by atoms with Crippen LogP contribution in [-0.2, 0) is 14.6 Å². The van der Waals surface area contributed by atoms with Gasteiger partial charge in [0.2, 0.25) is 9.84 Å². The molecule has 0 bridgehead atoms. The van der Waals surface area contributed by atoms with E-state index in [1.54, 1.807) is 31.2 Å². The summed E-state index contributed by atoms with van der Waals surface area (Å²) in [6.07, 6.45) is 10.7. The lowest BCUT2D eigenvalue weighted by molar-refractivity contribution is 0.0467. The molecule has 0 aromatic heterocycles. The minimum absolute atomic E-state index is 0.264. The van der Waals surface area contributed by atoms with E-state index in [-0.39, 0.29) is 10.5 Å². The minimum atomic E-state index is -3.45. The van der Waals surface area contributed by atoms with Gasteiger partial charge in [0.1, 0.15) is 5.60 Å². The van der Waals surface area contributed by atoms with Crippen LogP contribution in [0.3, 0.4) is 0 Å². The molecular weight excluding hydrogens is 284 g/mol. The van der Waals surface area contributed by atoms with Crippen LogP contribution in [0.1, 0.15) is 40.5 Å². The van der Waals surface area contributed by atoms with E-state index in [4.69, 9.17) is 4.74 Å². The molecule has 0 fully saturated rings. The van der Waals surface area contributed by atoms with Crippen LogP contribution < -0.4 is 0 Å². The van der Waals surface area contributed by atoms with Gasteiger partial charge in [-0.05, 0) is 58.4 Å². The van der Waals surface area contributed by atoms with Crippen molar-refractivity contribution >= 4 is 9.84 Å². The van der Waals surface area contributed by atoms with E-state index in [9.17, 15) is 8.42 Å². The molecule has 1 aliphatic carbocycles. The smallest absolute Gasteiger partial charge is 0.202 e. The van der Waals surface area contributed by atoms with Gasteiger partial charge in [-0.3, -0.25) is 0 Å². The summed E-state index contributed by atoms with van der Waals surface area (Å²) < 4.78 is 30.9. The van der Waals surface area contributed by atoms with Crippen molar-refractivity contribution in [3.05, 3.63) is 58.6 Å². The quantitative estimate of drug-likeness (QED) is 0.706. The van der Waals surface area contributed by atoms with Crippen molar-refractivity contribution in [1.29, 1.82) is 0 Å². The highest BCUT2D eigenvalue weighted by molar-refractivity contribution is 7.99. The van der Waals surface area contributed by atoms with Crippen LogP contribution in [-0.4, -0.2) is 14.0 Å². The summed E-state index contributed by atoms with van der Waals surface area (Å²) in [7, 11) is -3.45. The molecule has 0 aromatic carbocycles. The largest absolute Gasteiger partial charge is 0.492 e. The number of sulfone groups is 1. The predicted molar refractivity (Wildman–Crippen MR) is 88.3 cm³/mol. The molecule has 3 nitrogen and oxygen atoms in total. The van der Waals surface area contributed by atoms with Crippen LogP contribution in [0.5, 0.6) is 0 Å². The molecule has 0 radical (unpaired) electrons. The predicted octanol–water partition coefficient (Wildman–Crippen LogP) is 4.42. The Kier molecular flexibility index (Phi) is 5.78. The van der Waals surface area contributed by atoms with Crippen molar-refractivity contribution in [1.82, 2.24) is 0 Å². The summed E-state index contributed by atoms with van der Waals surface area (Å²) in [5.74, 6) is 0.821. The molecule has 0 heterocycles. The SMILES string of the molecule is C=C/C=C(\C=C/C)S(=O)(=O)C1=CC=C(OC(C)(C)C)CC1. The van der Waals surface area contributed by atoms with Crippen LogP contribution in [0.2, 0.25) is 0 Å². The maximum Gasteiger partial charge on any atom is 0.202 e. The molecule has 21 heavy (non-hydrogen) atoms. The second-order valence-corrected chi connectivity index (χ2v) is 7.79. The summed E-state index contributed by atoms with van der Waals surface area (Å²) in [6, 6.07) is 0. The summed E-state index contributed by atoms with van der Waals surface area (Å²) >= 11 is 0. The fourth-order valence-corrected chi connectivity index (χ4v) is 3.48. The number of allylic oxidation sites excluding steroid dienone is 8. The van der Waals surface area contributed by atoms with Crippen molar-refractivity contribution in [3.63, 3.8) is 0 Å². The average molecular weight is 308 g/mol. The Bertz CT molecular complexity index is 609. The standard InChI is InChI=1S/C17H24O3S/c1-6-8-15(9-7-2)21(18,19)16-12-10-14(11-13-16)20-17(3,4)5/h6-10,12H,1,11,13H2,2-5H3/b9-7-,15-8+. The first-order valence-corrected chi connectivity index (χ1v) is 8.48. The number of ether oxygens (including phenoxy) is 1. The Balaban J connectivity index is 3.07. The molecule has 0 aliphatic heterocycles. The highest BCUT2D eigenvalue weighted by atomic mass is 32.2. The first kappa shape index (κ1) is 17.5. The number of hydrogen-bond acceptors (Lipinski definition) is 3. The van der Waals surface area contributed by atoms with Crippen LogP contribution in [0, 0.1) is 0 Å². The molecule has 1 rings (SSSR count). The molecule has 0 aromatic rings. The van der Waals surface area contributed by atoms with Crippen LogP contribution in [0.15, 0.2) is 58.6 Å². The highest BCUT2D eigenvalue weighted by Crippen LogP contribution is 2.30. The fourth-order valence-electron chi connectivity index (χ4n) is 1.97. The lowest BCUT2D eigenvalue weighted by Gasteiger charge is -2.25. The Morgan fingerprint density at radius 1 is 1.29 bits per heavy atom. The van der Waals surface area contributed by atoms with Crippen molar-refractivity contribution in [2.75, 3.05) is 0 Å². The van der Waals surface area contributed by atoms with Crippen molar-refractivity contribution in [2.24, 2.45) is 0 Å². The van der Waals surface area contributed by atoms with Crippen molar-refractivity contribution in [2.45, 2.75) is 46.1 Å². The van der Waals surface area contributed by atoms with E-state index < -0.39 is 9.84 Å². The number of rotatable bonds is 5. The molecule has 1 aliphatic rings. The minimum Gasteiger partial charge on any atom is -0.492 e. The van der Waals surface area contributed by atoms with Gasteiger partial charge in [-0.2, -0.15) is 0 Å². The van der Waals surface area contributed by atoms with E-state index >= 15 is 0 Å². The van der Waals surface area contributed by atoms with Crippen molar-refractivity contribution < 1.29 is 13.2 Å². The van der Waals surface area contributed by atoms with Gasteiger partial charge in [0.05, 0.1) is 10.7 Å². The maximum absolute atomic E-state index is 12.6. The van der Waals surface area contributed by atoms with Gasteiger partial charge >= 0.3 is 0 Å². The third kappa shape index (κ3) is 5.05. The first-order valence-electron chi connectivity index (χ1n) is 7.00. The molecular formula is C17H24O3S. The molecule has 4 heteroatoms. The summed E-state index contributed by atoms with van der Waals surface area (Å²) in [5, 5.41) is 0. The first-order chi connectivity index (χ1) is 9.70. The van der Waals surface area contributed by atoms with E-state index in [1.165, 1.54) is 12.2 Å². The van der Waals surface area contributed by atoms with Gasteiger partial charge in [-0.25, -0.2) is 8.42 Å². The van der Waals surface area contributed by atoms with Gasteiger partial charge in [-0.15, -0.1) is 0 Å². The van der Waals surface area contributed by atoms with Gasteiger partial charge in [0.15, 0.2) is 0 Å². The Morgan fingerprint density at radius 3 is 2.38 bits per heavy atom. The van der Waals surface area contributed by atoms with E-state index in [0.29, 0.717) is 17.7 Å². The maximum atomic E-state index is 12.6. The van der Waals surface area contributed by atoms with Gasteiger partial charge in [0, 0.05) is 11.3 Å². The second-order valence-electron chi connectivity index (χ2n) is 5.79. The Hall–Kier alpha value is -1.55. The van der Waals surface area contributed by atoms with E-state index in [2.05, 4.69) is 6.58 Å². The molecule has 0 amide bonds. The molecule has 0 saturated heterocycles. The Morgan fingerprint density at radius 2 is 1.95 bits per heavy atom. The third-order valence-corrected chi connectivity index (χ3v) is 4.70. The molecule has 0 N–H and O–H groups in total. The molecule has 0 saturated carbocycles. The fraction of sp³-hybridized carbons (Fsp3) is 0.412. The highest BCUT2D eigenvalue weighted by Gasteiger charge is 2.24. The lowest BCUT2D eigenvalue weighted by Crippen LogP contribution is -2.20. The zero-order chi connectivity index (χ0) is 16.1. The second kappa shape index (κ2) is 6.94. The van der Waals surface area contributed by atoms with Gasteiger partial charge in [0.25, 0.3) is 0 Å². The van der Waals surface area contributed by atoms with Crippen molar-refractivity contribution in [3.8, 4) is 0 Å². The molecule has 0 spiro atoms. The molecule has 0 atom stereocenters. The van der Waals surface area contributed by atoms with Gasteiger partial charge < -0.3 is 4.74 Å².